The van der Waals surface area contributed by atoms with E-state index in [0.717, 1.165) is 5.56 Å². The van der Waals surface area contributed by atoms with Gasteiger partial charge in [-0.25, -0.2) is 8.42 Å². The first kappa shape index (κ1) is 21.4. The number of hydrogen-bond donors (Lipinski definition) is 1. The molecule has 0 aliphatic rings. The highest BCUT2D eigenvalue weighted by Gasteiger charge is 2.26. The molecular formula is C18H30N2O4S. The average Bonchev–Trinajstić information content (AvgIpc) is 2.51. The van der Waals surface area contributed by atoms with Crippen LogP contribution < -0.4 is 10.1 Å². The third-order valence-electron chi connectivity index (χ3n) is 3.57. The van der Waals surface area contributed by atoms with E-state index >= 15 is 0 Å². The molecule has 0 fully saturated rings. The lowest BCUT2D eigenvalue weighted by Crippen LogP contribution is -2.42. The summed E-state index contributed by atoms with van der Waals surface area (Å²) in [6, 6.07) is 4.75. The minimum absolute atomic E-state index is 0.0577. The van der Waals surface area contributed by atoms with Crippen LogP contribution in [-0.4, -0.2) is 44.9 Å². The van der Waals surface area contributed by atoms with Crippen LogP contribution in [0.5, 0.6) is 5.75 Å². The third-order valence-corrected chi connectivity index (χ3v) is 5.49. The molecular weight excluding hydrogens is 340 g/mol. The standard InChI is InChI=1S/C18H30N2O4S/c1-7-20(12-17(21)19-13-18(4,5)6)25(22,23)15-9-10-16(24-8-2)14(3)11-15/h9-11H,7-8,12-13H2,1-6H3,(H,19,21). The van der Waals surface area contributed by atoms with Crippen LogP contribution in [-0.2, 0) is 14.8 Å². The summed E-state index contributed by atoms with van der Waals surface area (Å²) < 4.78 is 32.3. The second-order valence-corrected chi connectivity index (χ2v) is 9.07. The lowest BCUT2D eigenvalue weighted by molar-refractivity contribution is -0.121. The monoisotopic (exact) mass is 370 g/mol. The van der Waals surface area contributed by atoms with Crippen molar-refractivity contribution in [1.29, 1.82) is 0 Å². The second-order valence-electron chi connectivity index (χ2n) is 7.13. The molecule has 1 aromatic rings. The van der Waals surface area contributed by atoms with Crippen LogP contribution in [0.3, 0.4) is 0 Å². The molecule has 1 aromatic carbocycles. The summed E-state index contributed by atoms with van der Waals surface area (Å²) in [5, 5.41) is 2.78. The van der Waals surface area contributed by atoms with Gasteiger partial charge in [0.1, 0.15) is 5.75 Å². The van der Waals surface area contributed by atoms with E-state index in [4.69, 9.17) is 4.74 Å². The normalized spacial score (nSPS) is 12.3. The van der Waals surface area contributed by atoms with Gasteiger partial charge in [0.2, 0.25) is 15.9 Å². The molecule has 0 aliphatic heterocycles. The van der Waals surface area contributed by atoms with Crippen molar-refractivity contribution in [2.75, 3.05) is 26.2 Å². The van der Waals surface area contributed by atoms with Crippen LogP contribution >= 0.6 is 0 Å². The first-order valence-electron chi connectivity index (χ1n) is 8.51. The molecule has 7 heteroatoms. The highest BCUT2D eigenvalue weighted by molar-refractivity contribution is 7.89. The highest BCUT2D eigenvalue weighted by atomic mass is 32.2. The van der Waals surface area contributed by atoms with E-state index in [1.807, 2.05) is 27.7 Å². The molecule has 0 radical (unpaired) electrons. The van der Waals surface area contributed by atoms with E-state index in [0.29, 0.717) is 18.9 Å². The summed E-state index contributed by atoms with van der Waals surface area (Å²) in [4.78, 5) is 12.3. The Balaban J connectivity index is 2.93. The Bertz CT molecular complexity index is 694. The Morgan fingerprint density at radius 3 is 2.36 bits per heavy atom. The van der Waals surface area contributed by atoms with E-state index < -0.39 is 10.0 Å². The Kier molecular flexibility index (Phi) is 7.44. The van der Waals surface area contributed by atoms with E-state index in [1.165, 1.54) is 10.4 Å². The number of sulfonamides is 1. The lowest BCUT2D eigenvalue weighted by atomic mass is 9.97. The molecule has 0 spiro atoms. The molecule has 0 heterocycles. The van der Waals surface area contributed by atoms with E-state index in [2.05, 4.69) is 5.32 Å². The van der Waals surface area contributed by atoms with Gasteiger partial charge in [-0.1, -0.05) is 27.7 Å². The van der Waals surface area contributed by atoms with Gasteiger partial charge in [-0.15, -0.1) is 0 Å². The van der Waals surface area contributed by atoms with E-state index in [1.54, 1.807) is 26.0 Å². The molecule has 0 bridgehead atoms. The van der Waals surface area contributed by atoms with Gasteiger partial charge >= 0.3 is 0 Å². The first-order chi connectivity index (χ1) is 11.5. The van der Waals surface area contributed by atoms with Crippen molar-refractivity contribution >= 4 is 15.9 Å². The molecule has 1 rings (SSSR count). The third kappa shape index (κ3) is 6.32. The minimum atomic E-state index is -3.74. The summed E-state index contributed by atoms with van der Waals surface area (Å²) in [6.45, 7) is 12.4. The number of hydrogen-bond acceptors (Lipinski definition) is 4. The zero-order valence-electron chi connectivity index (χ0n) is 16.0. The fourth-order valence-corrected chi connectivity index (χ4v) is 3.69. The van der Waals surface area contributed by atoms with Gasteiger partial charge in [-0.3, -0.25) is 4.79 Å². The summed E-state index contributed by atoms with van der Waals surface area (Å²) in [6.07, 6.45) is 0. The van der Waals surface area contributed by atoms with Crippen molar-refractivity contribution in [2.24, 2.45) is 5.41 Å². The largest absolute Gasteiger partial charge is 0.494 e. The fourth-order valence-electron chi connectivity index (χ4n) is 2.20. The summed E-state index contributed by atoms with van der Waals surface area (Å²) in [5.41, 5.74) is 0.689. The van der Waals surface area contributed by atoms with Gasteiger partial charge in [0.25, 0.3) is 0 Å². The number of benzene rings is 1. The Morgan fingerprint density at radius 2 is 1.88 bits per heavy atom. The smallest absolute Gasteiger partial charge is 0.243 e. The van der Waals surface area contributed by atoms with Gasteiger partial charge in [0.05, 0.1) is 18.0 Å². The average molecular weight is 371 g/mol. The predicted octanol–water partition coefficient (Wildman–Crippen LogP) is 2.57. The number of amides is 1. The maximum Gasteiger partial charge on any atom is 0.243 e. The van der Waals surface area contributed by atoms with Crippen LogP contribution in [0.2, 0.25) is 0 Å². The first-order valence-corrected chi connectivity index (χ1v) is 9.95. The van der Waals surface area contributed by atoms with Crippen molar-refractivity contribution in [3.05, 3.63) is 23.8 Å². The van der Waals surface area contributed by atoms with Crippen LogP contribution in [0.25, 0.3) is 0 Å². The van der Waals surface area contributed by atoms with Gasteiger partial charge in [0.15, 0.2) is 0 Å². The van der Waals surface area contributed by atoms with Crippen molar-refractivity contribution in [2.45, 2.75) is 46.4 Å². The number of rotatable bonds is 8. The Morgan fingerprint density at radius 1 is 1.24 bits per heavy atom. The molecule has 6 nitrogen and oxygen atoms in total. The summed E-state index contributed by atoms with van der Waals surface area (Å²) in [5.74, 6) is 0.357. The van der Waals surface area contributed by atoms with Crippen molar-refractivity contribution in [3.63, 3.8) is 0 Å². The maximum absolute atomic E-state index is 12.8. The number of nitrogens with zero attached hydrogens (tertiary/aromatic N) is 1. The number of nitrogens with one attached hydrogen (secondary N) is 1. The van der Waals surface area contributed by atoms with Crippen LogP contribution in [0.4, 0.5) is 0 Å². The number of carbonyl (C=O) groups is 1. The minimum Gasteiger partial charge on any atom is -0.494 e. The van der Waals surface area contributed by atoms with Gasteiger partial charge in [-0.2, -0.15) is 4.31 Å². The maximum atomic E-state index is 12.8. The second kappa shape index (κ2) is 8.67. The Labute approximate surface area is 151 Å². The molecule has 25 heavy (non-hydrogen) atoms. The van der Waals surface area contributed by atoms with E-state index in [9.17, 15) is 13.2 Å². The fraction of sp³-hybridized carbons (Fsp3) is 0.611. The molecule has 1 N–H and O–H groups in total. The molecule has 0 unspecified atom stereocenters. The SMILES string of the molecule is CCOc1ccc(S(=O)(=O)N(CC)CC(=O)NCC(C)(C)C)cc1C. The number of likely N-dealkylation sites (N-methyl/N-ethyl adjacent to an activating group) is 1. The highest BCUT2D eigenvalue weighted by Crippen LogP contribution is 2.24. The summed E-state index contributed by atoms with van der Waals surface area (Å²) >= 11 is 0. The van der Waals surface area contributed by atoms with Gasteiger partial charge < -0.3 is 10.1 Å². The number of ether oxygens (including phenoxy) is 1. The molecule has 0 aliphatic carbocycles. The molecule has 0 saturated heterocycles. The topological polar surface area (TPSA) is 75.7 Å². The van der Waals surface area contributed by atoms with Crippen LogP contribution in [0.15, 0.2) is 23.1 Å². The molecule has 0 saturated carbocycles. The van der Waals surface area contributed by atoms with Crippen molar-refractivity contribution in [3.8, 4) is 5.75 Å². The zero-order chi connectivity index (χ0) is 19.3. The number of carbonyl (C=O) groups excluding carboxylic acids is 1. The van der Waals surface area contributed by atoms with Crippen LogP contribution in [0.1, 0.15) is 40.2 Å². The lowest BCUT2D eigenvalue weighted by Gasteiger charge is -2.23. The van der Waals surface area contributed by atoms with Crippen molar-refractivity contribution in [1.82, 2.24) is 9.62 Å². The zero-order valence-corrected chi connectivity index (χ0v) is 16.9. The van der Waals surface area contributed by atoms with Crippen molar-refractivity contribution < 1.29 is 17.9 Å². The number of aryl methyl sites for hydroxylation is 1. The van der Waals surface area contributed by atoms with Gasteiger partial charge in [-0.05, 0) is 43.0 Å². The predicted molar refractivity (Wildman–Crippen MR) is 99.2 cm³/mol. The quantitative estimate of drug-likeness (QED) is 0.763. The molecule has 0 aromatic heterocycles. The van der Waals surface area contributed by atoms with E-state index in [-0.39, 0.29) is 29.3 Å². The molecule has 0 atom stereocenters. The molecule has 142 valence electrons. The summed E-state index contributed by atoms with van der Waals surface area (Å²) in [7, 11) is -3.74. The van der Waals surface area contributed by atoms with Crippen LogP contribution in [0, 0.1) is 12.3 Å². The molecule has 1 amide bonds. The Hall–Kier alpha value is -1.60. The van der Waals surface area contributed by atoms with Gasteiger partial charge in [0, 0.05) is 13.1 Å².